The van der Waals surface area contributed by atoms with Gasteiger partial charge in [0.25, 0.3) is 0 Å². The first-order valence-electron chi connectivity index (χ1n) is 16.2. The molecule has 0 amide bonds. The van der Waals surface area contributed by atoms with Crippen LogP contribution in [0.3, 0.4) is 0 Å². The van der Waals surface area contributed by atoms with Crippen molar-refractivity contribution in [1.29, 1.82) is 0 Å². The zero-order chi connectivity index (χ0) is 33.4. The second-order valence-corrected chi connectivity index (χ2v) is 12.8. The first-order chi connectivity index (χ1) is 23.2. The van der Waals surface area contributed by atoms with Crippen LogP contribution in [-0.4, -0.2) is 41.0 Å². The minimum Gasteiger partial charge on any atom is -0.481 e. The summed E-state index contributed by atoms with van der Waals surface area (Å²) in [5, 5.41) is 19.0. The van der Waals surface area contributed by atoms with Gasteiger partial charge in [0.05, 0.1) is 23.5 Å². The number of hydrogen-bond acceptors (Lipinski definition) is 5. The van der Waals surface area contributed by atoms with Gasteiger partial charge in [-0.15, -0.1) is 5.10 Å². The van der Waals surface area contributed by atoms with Gasteiger partial charge in [0.15, 0.2) is 11.6 Å². The van der Waals surface area contributed by atoms with Crippen LogP contribution in [-0.2, 0) is 29.6 Å². The number of aromatic amines is 2. The van der Waals surface area contributed by atoms with E-state index in [-0.39, 0.29) is 30.0 Å². The van der Waals surface area contributed by atoms with Crippen molar-refractivity contribution in [3.8, 4) is 22.9 Å². The zero-order valence-electron chi connectivity index (χ0n) is 26.8. The third kappa shape index (κ3) is 5.96. The van der Waals surface area contributed by atoms with Gasteiger partial charge in [-0.2, -0.15) is 0 Å². The van der Waals surface area contributed by atoms with Crippen LogP contribution < -0.4 is 4.74 Å². The highest BCUT2D eigenvalue weighted by atomic mass is 19.1. The van der Waals surface area contributed by atoms with Crippen LogP contribution in [0.1, 0.15) is 72.8 Å². The fraction of sp³-hybridized carbons (Fsp3) is 0.297. The maximum atomic E-state index is 15.7. The number of nitrogens with zero attached hydrogens (tertiary/aromatic N) is 4. The van der Waals surface area contributed by atoms with Crippen molar-refractivity contribution in [2.75, 3.05) is 0 Å². The molecule has 1 unspecified atom stereocenters. The van der Waals surface area contributed by atoms with Crippen LogP contribution in [0.2, 0.25) is 0 Å². The molecule has 1 aliphatic rings. The maximum absolute atomic E-state index is 15.7. The third-order valence-corrected chi connectivity index (χ3v) is 9.62. The summed E-state index contributed by atoms with van der Waals surface area (Å²) >= 11 is 0. The summed E-state index contributed by atoms with van der Waals surface area (Å²) in [5.41, 5.74) is 5.45. The van der Waals surface area contributed by atoms with E-state index in [1.807, 2.05) is 31.2 Å². The number of benzene rings is 3. The van der Waals surface area contributed by atoms with Crippen LogP contribution in [0.5, 0.6) is 11.5 Å². The zero-order valence-corrected chi connectivity index (χ0v) is 26.8. The smallest absolute Gasteiger partial charge is 0.303 e. The first kappa shape index (κ1) is 31.3. The van der Waals surface area contributed by atoms with E-state index in [1.54, 1.807) is 17.1 Å². The van der Waals surface area contributed by atoms with Crippen molar-refractivity contribution >= 4 is 16.9 Å². The van der Waals surface area contributed by atoms with E-state index in [1.165, 1.54) is 24.3 Å². The summed E-state index contributed by atoms with van der Waals surface area (Å²) in [7, 11) is 0. The highest BCUT2D eigenvalue weighted by molar-refractivity contribution is 5.85. The van der Waals surface area contributed by atoms with E-state index in [0.717, 1.165) is 65.7 Å². The number of hydrogen-bond donors (Lipinski definition) is 3. The number of halogens is 2. The van der Waals surface area contributed by atoms with Gasteiger partial charge in [0, 0.05) is 52.5 Å². The average molecular weight is 651 g/mol. The fourth-order valence-electron chi connectivity index (χ4n) is 6.73. The molecule has 6 bridgehead atoms. The Bertz CT molecular complexity index is 2130. The molecule has 1 atom stereocenters. The Morgan fingerprint density at radius 2 is 1.96 bits per heavy atom. The van der Waals surface area contributed by atoms with Crippen molar-refractivity contribution in [2.45, 2.75) is 70.8 Å². The van der Waals surface area contributed by atoms with E-state index in [4.69, 9.17) is 4.74 Å². The number of aryl methyl sites for hydroxylation is 2. The predicted octanol–water partition coefficient (Wildman–Crippen LogP) is 8.02. The molecule has 3 N–H and O–H groups in total. The largest absolute Gasteiger partial charge is 0.481 e. The van der Waals surface area contributed by atoms with Crippen molar-refractivity contribution < 1.29 is 23.4 Å². The standard InChI is InChI=1S/C37H36F2N6O3/c1-22-31-9-4-3-5-15-37(2,24-8-6-7-23(17-24)10-13-34(46)47)33-20-41-36(42-33)27-18-25(11-12-29(27)38)48-35-28(21-45(22)44-43-31)26-14-16-40-32(26)19-30(35)39/h6-8,11-12,14,16-20,40H,3-5,9-10,13,15,21H2,1-2H3,(H,41,42)(H,46,47). The first-order valence-corrected chi connectivity index (χ1v) is 16.2. The van der Waals surface area contributed by atoms with Crippen molar-refractivity contribution in [3.63, 3.8) is 0 Å². The number of fused-ring (bicyclic) bond motifs is 10. The number of carboxylic acid groups (broad SMARTS) is 1. The fourth-order valence-corrected chi connectivity index (χ4v) is 6.73. The highest BCUT2D eigenvalue weighted by Gasteiger charge is 2.32. The number of imidazole rings is 1. The van der Waals surface area contributed by atoms with Gasteiger partial charge in [-0.25, -0.2) is 18.4 Å². The lowest BCUT2D eigenvalue weighted by Gasteiger charge is -2.30. The second-order valence-electron chi connectivity index (χ2n) is 12.8. The molecular weight excluding hydrogens is 614 g/mol. The summed E-state index contributed by atoms with van der Waals surface area (Å²) in [4.78, 5) is 22.4. The molecule has 0 radical (unpaired) electrons. The molecule has 0 spiro atoms. The van der Waals surface area contributed by atoms with E-state index in [2.05, 4.69) is 38.3 Å². The molecule has 7 rings (SSSR count). The molecule has 246 valence electrons. The van der Waals surface area contributed by atoms with E-state index in [9.17, 15) is 9.90 Å². The lowest BCUT2D eigenvalue weighted by atomic mass is 9.75. The third-order valence-electron chi connectivity index (χ3n) is 9.62. The molecule has 48 heavy (non-hydrogen) atoms. The lowest BCUT2D eigenvalue weighted by molar-refractivity contribution is -0.136. The quantitative estimate of drug-likeness (QED) is 0.178. The molecule has 3 aromatic carbocycles. The molecule has 0 saturated heterocycles. The Morgan fingerprint density at radius 1 is 1.08 bits per heavy atom. The van der Waals surface area contributed by atoms with E-state index >= 15 is 8.78 Å². The van der Waals surface area contributed by atoms with Gasteiger partial charge in [-0.05, 0) is 74.9 Å². The van der Waals surface area contributed by atoms with E-state index < -0.39 is 23.0 Å². The summed E-state index contributed by atoms with van der Waals surface area (Å²) in [6.07, 6.45) is 8.21. The molecule has 4 heterocycles. The number of H-pyrrole nitrogens is 2. The van der Waals surface area contributed by atoms with Crippen LogP contribution in [0, 0.1) is 18.6 Å². The predicted molar refractivity (Wildman–Crippen MR) is 177 cm³/mol. The SMILES string of the molecule is Cc1c2nnn1Cc1c(c(F)cc3[nH]ccc13)Oc1ccc(F)c(c1)-c1ncc([nH]1)C(C)(c1cccc(CCC(=O)O)c1)CCCCC2. The number of aromatic nitrogens is 6. The monoisotopic (exact) mass is 650 g/mol. The van der Waals surface area contributed by atoms with Crippen LogP contribution in [0.25, 0.3) is 22.3 Å². The Hall–Kier alpha value is -5.32. The molecule has 0 saturated carbocycles. The van der Waals surface area contributed by atoms with Crippen LogP contribution in [0.15, 0.2) is 67.0 Å². The van der Waals surface area contributed by atoms with Gasteiger partial charge in [0.2, 0.25) is 0 Å². The Kier molecular flexibility index (Phi) is 8.28. The van der Waals surface area contributed by atoms with Crippen molar-refractivity contribution in [2.24, 2.45) is 0 Å². The number of nitrogens with one attached hydrogen (secondary N) is 2. The molecule has 6 aromatic rings. The highest BCUT2D eigenvalue weighted by Crippen LogP contribution is 2.40. The van der Waals surface area contributed by atoms with Crippen LogP contribution >= 0.6 is 0 Å². The van der Waals surface area contributed by atoms with Gasteiger partial charge < -0.3 is 19.8 Å². The summed E-state index contributed by atoms with van der Waals surface area (Å²) < 4.78 is 39.2. The summed E-state index contributed by atoms with van der Waals surface area (Å²) in [6.45, 7) is 4.35. The Labute approximate surface area is 276 Å². The molecule has 3 aromatic heterocycles. The number of carbonyl (C=O) groups is 1. The lowest BCUT2D eigenvalue weighted by Crippen LogP contribution is -2.24. The number of carboxylic acids is 1. The Balaban J connectivity index is 1.33. The van der Waals surface area contributed by atoms with Gasteiger partial charge in [-0.3, -0.25) is 4.79 Å². The summed E-state index contributed by atoms with van der Waals surface area (Å²) in [5.74, 6) is -1.29. The molecule has 9 nitrogen and oxygen atoms in total. The van der Waals surface area contributed by atoms with Gasteiger partial charge in [-0.1, -0.05) is 42.3 Å². The van der Waals surface area contributed by atoms with Gasteiger partial charge >= 0.3 is 5.97 Å². The number of ether oxygens (including phenoxy) is 1. The van der Waals surface area contributed by atoms with Crippen LogP contribution in [0.4, 0.5) is 8.78 Å². The minimum atomic E-state index is -0.843. The Morgan fingerprint density at radius 3 is 2.81 bits per heavy atom. The number of rotatable bonds is 4. The normalized spacial score (nSPS) is 16.8. The second kappa shape index (κ2) is 12.7. The molecule has 0 aliphatic carbocycles. The van der Waals surface area contributed by atoms with Gasteiger partial charge in [0.1, 0.15) is 17.4 Å². The molecule has 0 fully saturated rings. The van der Waals surface area contributed by atoms with Crippen molar-refractivity contribution in [1.82, 2.24) is 29.9 Å². The maximum Gasteiger partial charge on any atom is 0.303 e. The van der Waals surface area contributed by atoms with Crippen molar-refractivity contribution in [3.05, 3.63) is 112 Å². The minimum absolute atomic E-state index is 0.0320. The molecule has 1 aliphatic heterocycles. The molecular formula is C37H36F2N6O3. The molecule has 11 heteroatoms. The summed E-state index contributed by atoms with van der Waals surface area (Å²) in [6, 6.07) is 15.6. The average Bonchev–Trinajstić information content (AvgIpc) is 3.83. The number of aliphatic carboxylic acids is 1. The van der Waals surface area contributed by atoms with E-state index in [0.29, 0.717) is 23.3 Å². The topological polar surface area (TPSA) is 122 Å².